The molecule has 0 fully saturated rings. The summed E-state index contributed by atoms with van der Waals surface area (Å²) in [4.78, 5) is 19.2. The quantitative estimate of drug-likeness (QED) is 0.724. The first-order chi connectivity index (χ1) is 6.13. The van der Waals surface area contributed by atoms with Crippen LogP contribution in [0.2, 0.25) is 0 Å². The van der Waals surface area contributed by atoms with E-state index < -0.39 is 16.5 Å². The fraction of sp³-hybridized carbons (Fsp3) is 0. The summed E-state index contributed by atoms with van der Waals surface area (Å²) < 4.78 is 22.3. The van der Waals surface area contributed by atoms with Crippen molar-refractivity contribution in [3.8, 4) is 0 Å². The molecule has 0 spiro atoms. The summed E-state index contributed by atoms with van der Waals surface area (Å²) in [6.45, 7) is 0. The summed E-state index contributed by atoms with van der Waals surface area (Å²) in [5, 5.41) is 0. The molecule has 0 saturated heterocycles. The lowest BCUT2D eigenvalue weighted by molar-refractivity contribution is 0.371. The molecule has 2 unspecified atom stereocenters. The van der Waals surface area contributed by atoms with E-state index in [1.165, 1.54) is 0 Å². The summed E-state index contributed by atoms with van der Waals surface area (Å²) in [7, 11) is -6.40. The third-order valence-corrected chi connectivity index (χ3v) is 2.14. The predicted molar refractivity (Wildman–Crippen MR) is 47.8 cm³/mol. The van der Waals surface area contributed by atoms with E-state index in [2.05, 4.69) is 9.29 Å². The second-order valence-corrected chi connectivity index (χ2v) is 3.54. The van der Waals surface area contributed by atoms with Crippen LogP contribution in [0.15, 0.2) is 30.6 Å². The van der Waals surface area contributed by atoms with Crippen molar-refractivity contribution < 1.29 is 23.2 Å². The minimum atomic E-state index is -3.20. The second kappa shape index (κ2) is 8.10. The molecule has 2 atom stereocenters. The molecule has 0 amide bonds. The number of aromatic nitrogens is 1. The Morgan fingerprint density at radius 2 is 1.46 bits per heavy atom. The lowest BCUT2D eigenvalue weighted by Gasteiger charge is -1.86. The van der Waals surface area contributed by atoms with Crippen LogP contribution in [0.4, 0.5) is 0 Å². The first-order valence-corrected chi connectivity index (χ1v) is 5.64. The second-order valence-electron chi connectivity index (χ2n) is 1.66. The summed E-state index contributed by atoms with van der Waals surface area (Å²) >= 11 is 0. The van der Waals surface area contributed by atoms with Crippen molar-refractivity contribution in [1.29, 1.82) is 0 Å². The molecule has 6 nitrogen and oxygen atoms in total. The lowest BCUT2D eigenvalue weighted by atomic mass is 10.5. The minimum absolute atomic E-state index is 1.75. The highest BCUT2D eigenvalue weighted by Crippen LogP contribution is 2.30. The molecule has 0 aromatic carbocycles. The van der Waals surface area contributed by atoms with Crippen molar-refractivity contribution in [2.24, 2.45) is 0 Å². The molecule has 1 aromatic rings. The number of hydrogen-bond donors (Lipinski definition) is 2. The van der Waals surface area contributed by atoms with Crippen molar-refractivity contribution in [3.63, 3.8) is 0 Å². The summed E-state index contributed by atoms with van der Waals surface area (Å²) in [6, 6.07) is 5.72. The highest BCUT2D eigenvalue weighted by molar-refractivity contribution is 7.46. The van der Waals surface area contributed by atoms with E-state index in [9.17, 15) is 9.13 Å². The van der Waals surface area contributed by atoms with Crippen LogP contribution in [-0.4, -0.2) is 14.8 Å². The Hall–Kier alpha value is -0.510. The third kappa shape index (κ3) is 11.5. The van der Waals surface area contributed by atoms with Crippen molar-refractivity contribution in [2.75, 3.05) is 0 Å². The van der Waals surface area contributed by atoms with Crippen LogP contribution < -0.4 is 0 Å². The van der Waals surface area contributed by atoms with E-state index in [0.29, 0.717) is 0 Å². The highest BCUT2D eigenvalue weighted by atomic mass is 31.2. The molecule has 2 N–H and O–H groups in total. The SMILES string of the molecule is O=[PH](O)O[PH](=O)O.c1ccncc1. The maximum atomic E-state index is 9.44. The first-order valence-electron chi connectivity index (χ1n) is 3.11. The van der Waals surface area contributed by atoms with Gasteiger partial charge in [0.05, 0.1) is 0 Å². The standard InChI is InChI=1S/C5H5N.H4O5P2/c1-2-4-6-5-3-1;1-6(2)5-7(3)4/h1-5H;6-7H,(H,1,2)(H,3,4). The smallest absolute Gasteiger partial charge is 0.323 e. The van der Waals surface area contributed by atoms with Crippen molar-refractivity contribution in [1.82, 2.24) is 4.98 Å². The number of pyridine rings is 1. The van der Waals surface area contributed by atoms with Crippen molar-refractivity contribution >= 4 is 16.5 Å². The lowest BCUT2D eigenvalue weighted by Crippen LogP contribution is -1.58. The average molecular weight is 225 g/mol. The zero-order valence-electron chi connectivity index (χ0n) is 6.45. The van der Waals surface area contributed by atoms with Gasteiger partial charge in [0.25, 0.3) is 0 Å². The van der Waals surface area contributed by atoms with Gasteiger partial charge in [0.2, 0.25) is 0 Å². The summed E-state index contributed by atoms with van der Waals surface area (Å²) in [5.74, 6) is 0. The van der Waals surface area contributed by atoms with Crippen LogP contribution in [0.1, 0.15) is 0 Å². The normalized spacial score (nSPS) is 13.7. The Labute approximate surface area is 76.1 Å². The van der Waals surface area contributed by atoms with E-state index in [1.807, 2.05) is 18.2 Å². The Bertz CT molecular complexity index is 228. The molecular formula is C5H9NO5P2. The maximum absolute atomic E-state index is 9.44. The fourth-order valence-electron chi connectivity index (χ4n) is 0.387. The van der Waals surface area contributed by atoms with Crippen molar-refractivity contribution in [3.05, 3.63) is 30.6 Å². The van der Waals surface area contributed by atoms with Crippen molar-refractivity contribution in [2.45, 2.75) is 0 Å². The molecule has 1 aromatic heterocycles. The Kier molecular flexibility index (Phi) is 7.79. The largest absolute Gasteiger partial charge is 0.326 e. The zero-order chi connectivity index (χ0) is 10.1. The Morgan fingerprint density at radius 1 is 1.00 bits per heavy atom. The summed E-state index contributed by atoms with van der Waals surface area (Å²) in [5.41, 5.74) is 0. The first kappa shape index (κ1) is 12.5. The number of rotatable bonds is 2. The number of nitrogens with zero attached hydrogens (tertiary/aromatic N) is 1. The van der Waals surface area contributed by atoms with E-state index in [-0.39, 0.29) is 0 Å². The van der Waals surface area contributed by atoms with Gasteiger partial charge in [-0.1, -0.05) is 6.07 Å². The Balaban J connectivity index is 0.000000223. The highest BCUT2D eigenvalue weighted by Gasteiger charge is 1.93. The molecule has 0 bridgehead atoms. The van der Waals surface area contributed by atoms with Crippen LogP contribution >= 0.6 is 16.5 Å². The molecule has 74 valence electrons. The van der Waals surface area contributed by atoms with Gasteiger partial charge in [-0.25, -0.2) is 4.31 Å². The van der Waals surface area contributed by atoms with Crippen LogP contribution in [0.3, 0.4) is 0 Å². The molecule has 0 aliphatic heterocycles. The zero-order valence-corrected chi connectivity index (χ0v) is 8.45. The van der Waals surface area contributed by atoms with Crippen LogP contribution in [0.25, 0.3) is 0 Å². The molecule has 1 rings (SSSR count). The maximum Gasteiger partial charge on any atom is 0.323 e. The molecule has 0 radical (unpaired) electrons. The predicted octanol–water partition coefficient (Wildman–Crippen LogP) is 0.849. The van der Waals surface area contributed by atoms with Crippen LogP contribution in [-0.2, 0) is 13.4 Å². The molecular weight excluding hydrogens is 216 g/mol. The van der Waals surface area contributed by atoms with Crippen LogP contribution in [0.5, 0.6) is 0 Å². The van der Waals surface area contributed by atoms with E-state index in [0.717, 1.165) is 0 Å². The van der Waals surface area contributed by atoms with Gasteiger partial charge < -0.3 is 9.79 Å². The molecule has 1 heterocycles. The van der Waals surface area contributed by atoms with Gasteiger partial charge in [-0.3, -0.25) is 14.1 Å². The average Bonchev–Trinajstić information content (AvgIpc) is 2.06. The topological polar surface area (TPSA) is 96.7 Å². The molecule has 13 heavy (non-hydrogen) atoms. The van der Waals surface area contributed by atoms with Gasteiger partial charge in [-0.2, -0.15) is 0 Å². The van der Waals surface area contributed by atoms with E-state index in [4.69, 9.17) is 9.79 Å². The molecule has 0 aliphatic rings. The Morgan fingerprint density at radius 3 is 1.54 bits per heavy atom. The van der Waals surface area contributed by atoms with Gasteiger partial charge in [-0.05, 0) is 12.1 Å². The molecule has 0 saturated carbocycles. The monoisotopic (exact) mass is 225 g/mol. The molecule has 0 aliphatic carbocycles. The third-order valence-electron chi connectivity index (χ3n) is 0.741. The van der Waals surface area contributed by atoms with E-state index >= 15 is 0 Å². The van der Waals surface area contributed by atoms with Gasteiger partial charge in [0.15, 0.2) is 0 Å². The molecule has 8 heteroatoms. The van der Waals surface area contributed by atoms with Gasteiger partial charge in [0.1, 0.15) is 0 Å². The van der Waals surface area contributed by atoms with Crippen LogP contribution in [0, 0.1) is 0 Å². The fourth-order valence-corrected chi connectivity index (χ4v) is 0.985. The summed E-state index contributed by atoms with van der Waals surface area (Å²) in [6.07, 6.45) is 3.50. The van der Waals surface area contributed by atoms with Gasteiger partial charge >= 0.3 is 16.5 Å². The van der Waals surface area contributed by atoms with Gasteiger partial charge in [0, 0.05) is 12.4 Å². The number of hydrogen-bond acceptors (Lipinski definition) is 4. The van der Waals surface area contributed by atoms with E-state index in [1.54, 1.807) is 12.4 Å². The minimum Gasteiger partial charge on any atom is -0.326 e. The van der Waals surface area contributed by atoms with Gasteiger partial charge in [-0.15, -0.1) is 0 Å².